The summed E-state index contributed by atoms with van der Waals surface area (Å²) >= 11 is 1.20. The lowest BCUT2D eigenvalue weighted by Crippen LogP contribution is -2.29. The van der Waals surface area contributed by atoms with E-state index in [-0.39, 0.29) is 12.5 Å². The SMILES string of the molecule is CC(C)CC(=O)N1CCc2cc(CNS(=O)(=O)c3cccs3)ccc21. The molecule has 1 aliphatic heterocycles. The highest BCUT2D eigenvalue weighted by atomic mass is 32.2. The largest absolute Gasteiger partial charge is 0.312 e. The second-order valence-corrected chi connectivity index (χ2v) is 9.55. The van der Waals surface area contributed by atoms with Crippen molar-refractivity contribution in [1.82, 2.24) is 4.72 Å². The van der Waals surface area contributed by atoms with E-state index >= 15 is 0 Å². The predicted octanol–water partition coefficient (Wildman–Crippen LogP) is 3.16. The molecule has 3 rings (SSSR count). The minimum atomic E-state index is -3.46. The van der Waals surface area contributed by atoms with Crippen LogP contribution >= 0.6 is 11.3 Å². The van der Waals surface area contributed by atoms with Crippen LogP contribution in [0.15, 0.2) is 39.9 Å². The number of sulfonamides is 1. The standard InChI is InChI=1S/C18H22N2O3S2/c1-13(2)10-17(21)20-8-7-15-11-14(5-6-16(15)20)12-19-25(22,23)18-4-3-9-24-18/h3-6,9,11,13,19H,7-8,10,12H2,1-2H3. The van der Waals surface area contributed by atoms with Crippen LogP contribution in [0, 0.1) is 5.92 Å². The quantitative estimate of drug-likeness (QED) is 0.840. The monoisotopic (exact) mass is 378 g/mol. The number of thiophene rings is 1. The summed E-state index contributed by atoms with van der Waals surface area (Å²) in [6.45, 7) is 5.02. The summed E-state index contributed by atoms with van der Waals surface area (Å²) in [4.78, 5) is 14.2. The Kier molecular flexibility index (Phi) is 5.27. The highest BCUT2D eigenvalue weighted by Crippen LogP contribution is 2.30. The number of amides is 1. The number of carbonyl (C=O) groups excluding carboxylic acids is 1. The van der Waals surface area contributed by atoms with Crippen molar-refractivity contribution in [2.75, 3.05) is 11.4 Å². The van der Waals surface area contributed by atoms with Crippen LogP contribution in [0.1, 0.15) is 31.4 Å². The molecule has 5 nitrogen and oxygen atoms in total. The van der Waals surface area contributed by atoms with Gasteiger partial charge in [0.05, 0.1) is 0 Å². The van der Waals surface area contributed by atoms with Crippen molar-refractivity contribution in [3.63, 3.8) is 0 Å². The van der Waals surface area contributed by atoms with Crippen LogP contribution in [-0.4, -0.2) is 20.9 Å². The van der Waals surface area contributed by atoms with Crippen LogP contribution in [0.25, 0.3) is 0 Å². The van der Waals surface area contributed by atoms with Crippen LogP contribution in [0.5, 0.6) is 0 Å². The zero-order chi connectivity index (χ0) is 18.0. The fraction of sp³-hybridized carbons (Fsp3) is 0.389. The summed E-state index contributed by atoms with van der Waals surface area (Å²) in [5, 5.41) is 1.74. The first-order valence-electron chi connectivity index (χ1n) is 8.32. The van der Waals surface area contributed by atoms with E-state index in [4.69, 9.17) is 0 Å². The number of benzene rings is 1. The van der Waals surface area contributed by atoms with Crippen molar-refractivity contribution in [2.45, 2.75) is 37.4 Å². The average molecular weight is 379 g/mol. The van der Waals surface area contributed by atoms with Crippen molar-refractivity contribution in [3.8, 4) is 0 Å². The predicted molar refractivity (Wildman–Crippen MR) is 100 cm³/mol. The van der Waals surface area contributed by atoms with Crippen LogP contribution in [0.4, 0.5) is 5.69 Å². The van der Waals surface area contributed by atoms with E-state index in [1.54, 1.807) is 17.5 Å². The molecule has 7 heteroatoms. The van der Waals surface area contributed by atoms with E-state index < -0.39 is 10.0 Å². The Bertz CT molecular complexity index is 858. The van der Waals surface area contributed by atoms with Gasteiger partial charge in [-0.1, -0.05) is 32.0 Å². The van der Waals surface area contributed by atoms with Crippen molar-refractivity contribution in [3.05, 3.63) is 46.8 Å². The van der Waals surface area contributed by atoms with Gasteiger partial charge in [0.1, 0.15) is 4.21 Å². The van der Waals surface area contributed by atoms with Gasteiger partial charge in [-0.3, -0.25) is 4.79 Å². The Hall–Kier alpha value is -1.70. The molecule has 1 aliphatic rings. The molecule has 2 aromatic rings. The molecule has 0 bridgehead atoms. The normalized spacial score (nSPS) is 14.1. The molecule has 0 radical (unpaired) electrons. The zero-order valence-corrected chi connectivity index (χ0v) is 16.0. The Morgan fingerprint density at radius 2 is 2.12 bits per heavy atom. The molecule has 0 unspecified atom stereocenters. The first kappa shape index (κ1) is 18.1. The van der Waals surface area contributed by atoms with E-state index in [0.717, 1.165) is 23.2 Å². The Morgan fingerprint density at radius 3 is 2.80 bits per heavy atom. The number of hydrogen-bond acceptors (Lipinski definition) is 4. The highest BCUT2D eigenvalue weighted by molar-refractivity contribution is 7.91. The topological polar surface area (TPSA) is 66.5 Å². The number of nitrogens with zero attached hydrogens (tertiary/aromatic N) is 1. The molecular weight excluding hydrogens is 356 g/mol. The van der Waals surface area contributed by atoms with E-state index in [2.05, 4.69) is 4.72 Å². The summed E-state index contributed by atoms with van der Waals surface area (Å²) in [5.41, 5.74) is 2.96. The molecule has 1 N–H and O–H groups in total. The molecule has 134 valence electrons. The summed E-state index contributed by atoms with van der Waals surface area (Å²) in [6, 6.07) is 9.12. The van der Waals surface area contributed by atoms with Crippen molar-refractivity contribution in [1.29, 1.82) is 0 Å². The molecule has 1 aromatic carbocycles. The summed E-state index contributed by atoms with van der Waals surface area (Å²) in [7, 11) is -3.46. The fourth-order valence-electron chi connectivity index (χ4n) is 2.95. The number of hydrogen-bond donors (Lipinski definition) is 1. The van der Waals surface area contributed by atoms with Crippen molar-refractivity contribution >= 4 is 33.0 Å². The maximum absolute atomic E-state index is 12.3. The molecule has 1 aromatic heterocycles. The van der Waals surface area contributed by atoms with Gasteiger partial charge in [0.15, 0.2) is 0 Å². The van der Waals surface area contributed by atoms with Gasteiger partial charge in [0.2, 0.25) is 15.9 Å². The minimum absolute atomic E-state index is 0.153. The highest BCUT2D eigenvalue weighted by Gasteiger charge is 2.25. The van der Waals surface area contributed by atoms with Gasteiger partial charge < -0.3 is 4.90 Å². The van der Waals surface area contributed by atoms with Crippen LogP contribution in [0.2, 0.25) is 0 Å². The van der Waals surface area contributed by atoms with Gasteiger partial charge in [0.25, 0.3) is 0 Å². The Labute approximate surface area is 152 Å². The van der Waals surface area contributed by atoms with Crippen LogP contribution in [0.3, 0.4) is 0 Å². The van der Waals surface area contributed by atoms with Gasteiger partial charge in [-0.25, -0.2) is 13.1 Å². The van der Waals surface area contributed by atoms with E-state index in [0.29, 0.717) is 23.1 Å². The van der Waals surface area contributed by atoms with Crippen molar-refractivity contribution < 1.29 is 13.2 Å². The van der Waals surface area contributed by atoms with Crippen molar-refractivity contribution in [2.24, 2.45) is 5.92 Å². The Morgan fingerprint density at radius 1 is 1.32 bits per heavy atom. The van der Waals surface area contributed by atoms with Gasteiger partial charge in [0, 0.05) is 25.2 Å². The number of nitrogens with one attached hydrogen (secondary N) is 1. The average Bonchev–Trinajstić information content (AvgIpc) is 3.21. The number of anilines is 1. The first-order chi connectivity index (χ1) is 11.9. The maximum atomic E-state index is 12.3. The minimum Gasteiger partial charge on any atom is -0.312 e. The van der Waals surface area contributed by atoms with Gasteiger partial charge in [-0.15, -0.1) is 11.3 Å². The van der Waals surface area contributed by atoms with E-state index in [1.807, 2.05) is 36.9 Å². The molecule has 0 saturated heterocycles. The number of rotatable bonds is 6. The lowest BCUT2D eigenvalue weighted by molar-refractivity contribution is -0.119. The molecule has 0 fully saturated rings. The third-order valence-corrected chi connectivity index (χ3v) is 6.95. The third kappa shape index (κ3) is 4.11. The van der Waals surface area contributed by atoms with E-state index in [1.165, 1.54) is 11.3 Å². The second-order valence-electron chi connectivity index (χ2n) is 6.61. The van der Waals surface area contributed by atoms with Gasteiger partial charge in [-0.05, 0) is 41.0 Å². The van der Waals surface area contributed by atoms with E-state index in [9.17, 15) is 13.2 Å². The third-order valence-electron chi connectivity index (χ3n) is 4.15. The lowest BCUT2D eigenvalue weighted by Gasteiger charge is -2.18. The number of carbonyl (C=O) groups is 1. The first-order valence-corrected chi connectivity index (χ1v) is 10.7. The number of fused-ring (bicyclic) bond motifs is 1. The smallest absolute Gasteiger partial charge is 0.250 e. The maximum Gasteiger partial charge on any atom is 0.250 e. The molecule has 0 spiro atoms. The Balaban J connectivity index is 1.70. The summed E-state index contributed by atoms with van der Waals surface area (Å²) in [6.07, 6.45) is 1.35. The second kappa shape index (κ2) is 7.27. The molecule has 25 heavy (non-hydrogen) atoms. The summed E-state index contributed by atoms with van der Waals surface area (Å²) < 4.78 is 27.3. The lowest BCUT2D eigenvalue weighted by atomic mass is 10.1. The molecular formula is C18H22N2O3S2. The molecule has 0 atom stereocenters. The van der Waals surface area contributed by atoms with Crippen LogP contribution < -0.4 is 9.62 Å². The van der Waals surface area contributed by atoms with Gasteiger partial charge >= 0.3 is 0 Å². The van der Waals surface area contributed by atoms with Gasteiger partial charge in [-0.2, -0.15) is 0 Å². The molecule has 0 aliphatic carbocycles. The van der Waals surface area contributed by atoms with Crippen LogP contribution in [-0.2, 0) is 27.8 Å². The molecule has 0 saturated carbocycles. The molecule has 2 heterocycles. The summed E-state index contributed by atoms with van der Waals surface area (Å²) in [5.74, 6) is 0.488. The zero-order valence-electron chi connectivity index (χ0n) is 14.4. The molecule has 1 amide bonds. The fourth-order valence-corrected chi connectivity index (χ4v) is 5.00.